The fourth-order valence-corrected chi connectivity index (χ4v) is 4.92. The minimum atomic E-state index is 0.532. The van der Waals surface area contributed by atoms with E-state index >= 15 is 0 Å². The highest BCUT2D eigenvalue weighted by atomic mass is 32.2. The van der Waals surface area contributed by atoms with Crippen molar-refractivity contribution in [1.29, 1.82) is 0 Å². The van der Waals surface area contributed by atoms with E-state index in [0.29, 0.717) is 24.2 Å². The van der Waals surface area contributed by atoms with Gasteiger partial charge in [0.05, 0.1) is 23.8 Å². The number of aromatic nitrogens is 3. The second kappa shape index (κ2) is 11.5. The number of pyridine rings is 1. The van der Waals surface area contributed by atoms with Crippen LogP contribution in [0.1, 0.15) is 0 Å². The number of hydrogen-bond donors (Lipinski definition) is 2. The predicted octanol–water partition coefficient (Wildman–Crippen LogP) is 5.57. The Morgan fingerprint density at radius 1 is 0.861 bits per heavy atom. The van der Waals surface area contributed by atoms with Gasteiger partial charge >= 0.3 is 0 Å². The van der Waals surface area contributed by atoms with Crippen molar-refractivity contribution < 1.29 is 4.74 Å². The molecule has 1 fully saturated rings. The summed E-state index contributed by atoms with van der Waals surface area (Å²) >= 11 is 7.13. The lowest BCUT2D eigenvalue weighted by Gasteiger charge is -2.30. The summed E-state index contributed by atoms with van der Waals surface area (Å²) in [5, 5.41) is 6.96. The van der Waals surface area contributed by atoms with E-state index in [2.05, 4.69) is 26.8 Å². The van der Waals surface area contributed by atoms with Gasteiger partial charge in [-0.25, -0.2) is 9.97 Å². The summed E-state index contributed by atoms with van der Waals surface area (Å²) in [5.41, 5.74) is 4.68. The minimum absolute atomic E-state index is 0.532. The maximum Gasteiger partial charge on any atom is 0.175 e. The molecule has 2 aromatic heterocycles. The predicted molar refractivity (Wildman–Crippen MR) is 152 cm³/mol. The van der Waals surface area contributed by atoms with Crippen molar-refractivity contribution in [3.05, 3.63) is 79.1 Å². The molecule has 2 aromatic carbocycles. The first-order valence-electron chi connectivity index (χ1n) is 11.6. The van der Waals surface area contributed by atoms with Crippen LogP contribution in [-0.4, -0.2) is 52.6 Å². The highest BCUT2D eigenvalue weighted by molar-refractivity contribution is 7.98. The van der Waals surface area contributed by atoms with Crippen molar-refractivity contribution in [2.75, 3.05) is 48.1 Å². The molecule has 0 aliphatic carbocycles. The molecule has 3 heterocycles. The number of thioether (sulfide) groups is 1. The Morgan fingerprint density at radius 2 is 1.53 bits per heavy atom. The molecule has 7 nitrogen and oxygen atoms in total. The van der Waals surface area contributed by atoms with Crippen LogP contribution in [0, 0.1) is 0 Å². The number of rotatable bonds is 6. The van der Waals surface area contributed by atoms with Crippen LogP contribution in [0.15, 0.2) is 84.0 Å². The Labute approximate surface area is 220 Å². The van der Waals surface area contributed by atoms with E-state index in [9.17, 15) is 0 Å². The van der Waals surface area contributed by atoms with Gasteiger partial charge in [0.2, 0.25) is 0 Å². The summed E-state index contributed by atoms with van der Waals surface area (Å²) in [4.78, 5) is 17.6. The van der Waals surface area contributed by atoms with E-state index in [1.54, 1.807) is 24.2 Å². The van der Waals surface area contributed by atoms with E-state index in [4.69, 9.17) is 26.9 Å². The van der Waals surface area contributed by atoms with Gasteiger partial charge in [0, 0.05) is 48.0 Å². The first-order valence-corrected chi connectivity index (χ1v) is 13.3. The second-order valence-corrected chi connectivity index (χ2v) is 9.34. The minimum Gasteiger partial charge on any atom is -0.378 e. The molecule has 0 amide bonds. The first-order chi connectivity index (χ1) is 17.7. The molecule has 0 unspecified atom stereocenters. The van der Waals surface area contributed by atoms with Crippen LogP contribution < -0.4 is 15.5 Å². The van der Waals surface area contributed by atoms with E-state index in [1.165, 1.54) is 0 Å². The molecule has 0 atom stereocenters. The lowest BCUT2D eigenvalue weighted by molar-refractivity contribution is 0.122. The van der Waals surface area contributed by atoms with Crippen molar-refractivity contribution in [3.8, 4) is 22.6 Å². The molecule has 0 spiro atoms. The Morgan fingerprint density at radius 3 is 2.19 bits per heavy atom. The molecule has 9 heteroatoms. The number of para-hydroxylation sites is 1. The monoisotopic (exact) mass is 514 g/mol. The van der Waals surface area contributed by atoms with Crippen molar-refractivity contribution in [1.82, 2.24) is 15.0 Å². The zero-order chi connectivity index (χ0) is 24.7. The molecule has 4 aromatic rings. The van der Waals surface area contributed by atoms with Gasteiger partial charge in [0.25, 0.3) is 0 Å². The van der Waals surface area contributed by atoms with Crippen molar-refractivity contribution >= 4 is 46.3 Å². The molecule has 1 aliphatic rings. The summed E-state index contributed by atoms with van der Waals surface area (Å²) in [6.45, 7) is 2.98. The van der Waals surface area contributed by atoms with Crippen LogP contribution in [0.3, 0.4) is 0 Å². The number of nitrogens with one attached hydrogen (secondary N) is 2. The van der Waals surface area contributed by atoms with Gasteiger partial charge in [0.15, 0.2) is 10.9 Å². The van der Waals surface area contributed by atoms with Crippen LogP contribution >= 0.6 is 24.0 Å². The normalized spacial score (nSPS) is 13.3. The van der Waals surface area contributed by atoms with Gasteiger partial charge in [-0.2, -0.15) is 0 Å². The SMILES string of the molecule is CSc1c(-c2ccncc2)nc(-c2ccc(NC(=S)Nc3ccccc3)cc2)nc1N1CCOCC1. The molecule has 1 aliphatic heterocycles. The molecule has 0 bridgehead atoms. The molecule has 0 saturated carbocycles. The number of benzene rings is 2. The van der Waals surface area contributed by atoms with Gasteiger partial charge < -0.3 is 20.3 Å². The Kier molecular flexibility index (Phi) is 7.70. The summed E-state index contributed by atoms with van der Waals surface area (Å²) in [7, 11) is 0. The number of morpholine rings is 1. The largest absolute Gasteiger partial charge is 0.378 e. The van der Waals surface area contributed by atoms with Crippen LogP contribution in [0.4, 0.5) is 17.2 Å². The molecule has 182 valence electrons. The molecular weight excluding hydrogens is 488 g/mol. The van der Waals surface area contributed by atoms with Crippen LogP contribution in [-0.2, 0) is 4.74 Å². The highest BCUT2D eigenvalue weighted by Crippen LogP contribution is 2.37. The van der Waals surface area contributed by atoms with Crippen molar-refractivity contribution in [3.63, 3.8) is 0 Å². The van der Waals surface area contributed by atoms with Gasteiger partial charge in [-0.15, -0.1) is 11.8 Å². The first kappa shape index (κ1) is 24.2. The van der Waals surface area contributed by atoms with Crippen LogP contribution in [0.5, 0.6) is 0 Å². The summed E-state index contributed by atoms with van der Waals surface area (Å²) in [6.07, 6.45) is 5.66. The van der Waals surface area contributed by atoms with Gasteiger partial charge in [-0.05, 0) is 67.0 Å². The maximum atomic E-state index is 5.58. The third-order valence-electron chi connectivity index (χ3n) is 5.75. The Hall–Kier alpha value is -3.53. The molecule has 1 saturated heterocycles. The lowest BCUT2D eigenvalue weighted by atomic mass is 10.1. The van der Waals surface area contributed by atoms with Crippen molar-refractivity contribution in [2.45, 2.75) is 4.90 Å². The van der Waals surface area contributed by atoms with Crippen LogP contribution in [0.25, 0.3) is 22.6 Å². The number of nitrogens with zero attached hydrogens (tertiary/aromatic N) is 4. The topological polar surface area (TPSA) is 75.2 Å². The van der Waals surface area contributed by atoms with E-state index in [-0.39, 0.29) is 0 Å². The van der Waals surface area contributed by atoms with Gasteiger partial charge in [0.1, 0.15) is 5.82 Å². The van der Waals surface area contributed by atoms with E-state index < -0.39 is 0 Å². The maximum absolute atomic E-state index is 5.58. The number of hydrogen-bond acceptors (Lipinski definition) is 7. The average molecular weight is 515 g/mol. The highest BCUT2D eigenvalue weighted by Gasteiger charge is 2.22. The van der Waals surface area contributed by atoms with E-state index in [1.807, 2.05) is 66.7 Å². The fraction of sp³-hybridized carbons (Fsp3) is 0.185. The molecule has 0 radical (unpaired) electrons. The fourth-order valence-electron chi connectivity index (χ4n) is 3.97. The number of thiocarbonyl (C=S) groups is 1. The average Bonchev–Trinajstić information content (AvgIpc) is 2.94. The molecule has 36 heavy (non-hydrogen) atoms. The molecule has 2 N–H and O–H groups in total. The summed E-state index contributed by atoms with van der Waals surface area (Å²) in [6, 6.07) is 21.8. The smallest absolute Gasteiger partial charge is 0.175 e. The van der Waals surface area contributed by atoms with Crippen molar-refractivity contribution in [2.24, 2.45) is 0 Å². The summed E-state index contributed by atoms with van der Waals surface area (Å²) < 4.78 is 5.58. The van der Waals surface area contributed by atoms with Gasteiger partial charge in [-0.1, -0.05) is 18.2 Å². The summed E-state index contributed by atoms with van der Waals surface area (Å²) in [5.74, 6) is 1.62. The third kappa shape index (κ3) is 5.64. The zero-order valence-corrected chi connectivity index (χ0v) is 21.5. The van der Waals surface area contributed by atoms with Gasteiger partial charge in [-0.3, -0.25) is 4.98 Å². The third-order valence-corrected chi connectivity index (χ3v) is 6.74. The lowest BCUT2D eigenvalue weighted by Crippen LogP contribution is -2.37. The Bertz CT molecular complexity index is 1310. The molecule has 5 rings (SSSR count). The quantitative estimate of drug-likeness (QED) is 0.254. The number of ether oxygens (including phenoxy) is 1. The Balaban J connectivity index is 1.45. The second-order valence-electron chi connectivity index (χ2n) is 8.11. The standard InChI is InChI=1S/C27H26N6OS2/c1-36-24-23(19-11-13-28-14-12-19)31-25(32-26(24)33-15-17-34-18-16-33)20-7-9-22(10-8-20)30-27(35)29-21-5-3-2-4-6-21/h2-14H,15-18H2,1H3,(H2,29,30,35). The van der Waals surface area contributed by atoms with E-state index in [0.717, 1.165) is 52.0 Å². The van der Waals surface area contributed by atoms with Crippen LogP contribution in [0.2, 0.25) is 0 Å². The molecular formula is C27H26N6OS2. The zero-order valence-electron chi connectivity index (χ0n) is 19.8. The number of anilines is 3.